The van der Waals surface area contributed by atoms with E-state index in [4.69, 9.17) is 4.98 Å². The van der Waals surface area contributed by atoms with Crippen molar-refractivity contribution < 1.29 is 4.79 Å². The Kier molecular flexibility index (Phi) is 3.89. The van der Waals surface area contributed by atoms with Crippen LogP contribution in [0.4, 0.5) is 0 Å². The van der Waals surface area contributed by atoms with Crippen molar-refractivity contribution in [1.29, 1.82) is 0 Å². The van der Waals surface area contributed by atoms with Crippen LogP contribution in [0.2, 0.25) is 0 Å². The zero-order valence-electron chi connectivity index (χ0n) is 15.0. The molecule has 1 amide bonds. The van der Waals surface area contributed by atoms with Crippen molar-refractivity contribution in [1.82, 2.24) is 24.8 Å². The van der Waals surface area contributed by atoms with Crippen molar-refractivity contribution in [2.24, 2.45) is 0 Å². The van der Waals surface area contributed by atoms with E-state index in [0.717, 1.165) is 59.5 Å². The second-order valence-corrected chi connectivity index (χ2v) is 7.12. The number of piperidine rings is 1. The van der Waals surface area contributed by atoms with Gasteiger partial charge in [-0.3, -0.25) is 4.79 Å². The molecule has 136 valence electrons. The molecule has 6 heteroatoms. The number of carbonyl (C=O) groups excluding carboxylic acids is 1. The maximum atomic E-state index is 13.1. The molecule has 1 fully saturated rings. The van der Waals surface area contributed by atoms with Crippen LogP contribution in [0.5, 0.6) is 0 Å². The number of imidazole rings is 2. The maximum absolute atomic E-state index is 13.1. The molecule has 27 heavy (non-hydrogen) atoms. The number of fused-ring (bicyclic) bond motifs is 2. The van der Waals surface area contributed by atoms with Gasteiger partial charge in [-0.25, -0.2) is 9.97 Å². The van der Waals surface area contributed by atoms with E-state index in [2.05, 4.69) is 15.0 Å². The average Bonchev–Trinajstić information content (AvgIpc) is 3.31. The van der Waals surface area contributed by atoms with Crippen molar-refractivity contribution in [3.63, 3.8) is 0 Å². The van der Waals surface area contributed by atoms with Gasteiger partial charge in [-0.2, -0.15) is 0 Å². The first-order chi connectivity index (χ1) is 13.3. The predicted octanol–water partition coefficient (Wildman–Crippen LogP) is 3.74. The smallest absolute Gasteiger partial charge is 0.230 e. The molecule has 1 saturated heterocycles. The Hall–Kier alpha value is -3.15. The van der Waals surface area contributed by atoms with Crippen LogP contribution in [-0.2, 0) is 11.2 Å². The fourth-order valence-electron chi connectivity index (χ4n) is 3.98. The highest BCUT2D eigenvalue weighted by molar-refractivity contribution is 5.81. The van der Waals surface area contributed by atoms with E-state index in [-0.39, 0.29) is 18.4 Å². The van der Waals surface area contributed by atoms with E-state index < -0.39 is 0 Å². The molecule has 0 saturated carbocycles. The van der Waals surface area contributed by atoms with Gasteiger partial charge in [0.1, 0.15) is 11.6 Å². The molecule has 2 aromatic heterocycles. The van der Waals surface area contributed by atoms with E-state index in [1.807, 2.05) is 53.4 Å². The van der Waals surface area contributed by atoms with E-state index in [0.29, 0.717) is 0 Å². The summed E-state index contributed by atoms with van der Waals surface area (Å²) in [6.45, 7) is 0.765. The molecule has 4 aromatic rings. The zero-order chi connectivity index (χ0) is 18.2. The number of carbonyl (C=O) groups is 1. The average molecular weight is 359 g/mol. The van der Waals surface area contributed by atoms with E-state index in [1.54, 1.807) is 0 Å². The van der Waals surface area contributed by atoms with Crippen molar-refractivity contribution in [2.75, 3.05) is 6.54 Å². The van der Waals surface area contributed by atoms with Crippen LogP contribution in [-0.4, -0.2) is 37.3 Å². The summed E-state index contributed by atoms with van der Waals surface area (Å²) in [4.78, 5) is 31.0. The number of hydrogen-bond acceptors (Lipinski definition) is 3. The number of likely N-dealkylation sites (tertiary alicyclic amines) is 1. The number of amides is 1. The molecule has 0 radical (unpaired) electrons. The monoisotopic (exact) mass is 359 g/mol. The highest BCUT2D eigenvalue weighted by Crippen LogP contribution is 2.31. The van der Waals surface area contributed by atoms with Gasteiger partial charge < -0.3 is 14.9 Å². The van der Waals surface area contributed by atoms with Crippen molar-refractivity contribution in [3.8, 4) is 0 Å². The number of hydrogen-bond donors (Lipinski definition) is 2. The van der Waals surface area contributed by atoms with Crippen LogP contribution in [0.25, 0.3) is 22.1 Å². The summed E-state index contributed by atoms with van der Waals surface area (Å²) >= 11 is 0. The minimum Gasteiger partial charge on any atom is -0.342 e. The van der Waals surface area contributed by atoms with Gasteiger partial charge >= 0.3 is 0 Å². The number of H-pyrrole nitrogens is 2. The topological polar surface area (TPSA) is 77.7 Å². The standard InChI is InChI=1S/C21H21N5O/c27-20(13-19-22-14-7-1-2-8-15(14)23-19)26-12-6-5-11-18(26)21-24-16-9-3-4-10-17(16)25-21/h1-4,7-10,18H,5-6,11-13H2,(H,22,23)(H,24,25)/t18-/m1/s1. The number of benzene rings is 2. The van der Waals surface area contributed by atoms with Gasteiger partial charge in [-0.15, -0.1) is 0 Å². The maximum Gasteiger partial charge on any atom is 0.230 e. The molecule has 3 heterocycles. The van der Waals surface area contributed by atoms with Crippen LogP contribution in [0.3, 0.4) is 0 Å². The molecule has 0 spiro atoms. The normalized spacial score (nSPS) is 17.6. The van der Waals surface area contributed by atoms with Gasteiger partial charge in [0.2, 0.25) is 5.91 Å². The van der Waals surface area contributed by atoms with Crippen LogP contribution < -0.4 is 0 Å². The van der Waals surface area contributed by atoms with Gasteiger partial charge in [0.05, 0.1) is 34.5 Å². The summed E-state index contributed by atoms with van der Waals surface area (Å²) in [5, 5.41) is 0. The third-order valence-corrected chi connectivity index (χ3v) is 5.30. The lowest BCUT2D eigenvalue weighted by atomic mass is 10.0. The van der Waals surface area contributed by atoms with Crippen LogP contribution >= 0.6 is 0 Å². The Morgan fingerprint density at radius 1 is 0.963 bits per heavy atom. The number of nitrogens with one attached hydrogen (secondary N) is 2. The summed E-state index contributed by atoms with van der Waals surface area (Å²) in [5.74, 6) is 1.70. The molecule has 2 aromatic carbocycles. The molecule has 0 unspecified atom stereocenters. The molecule has 2 N–H and O–H groups in total. The van der Waals surface area contributed by atoms with E-state index >= 15 is 0 Å². The molecule has 1 aliphatic heterocycles. The molecule has 1 aliphatic rings. The third-order valence-electron chi connectivity index (χ3n) is 5.30. The molecule has 1 atom stereocenters. The SMILES string of the molecule is O=C(Cc1nc2ccccc2[nH]1)N1CCCC[C@@H]1c1nc2ccccc2[nH]1. The Morgan fingerprint density at radius 3 is 2.41 bits per heavy atom. The summed E-state index contributed by atoms with van der Waals surface area (Å²) in [6.07, 6.45) is 3.36. The Bertz CT molecular complexity index is 1050. The molecule has 0 aliphatic carbocycles. The van der Waals surface area contributed by atoms with Crippen molar-refractivity contribution >= 4 is 28.0 Å². The molecular formula is C21H21N5O. The van der Waals surface area contributed by atoms with Crippen molar-refractivity contribution in [3.05, 3.63) is 60.2 Å². The fourth-order valence-corrected chi connectivity index (χ4v) is 3.98. The number of aromatic amines is 2. The number of nitrogens with zero attached hydrogens (tertiary/aromatic N) is 3. The first-order valence-electron chi connectivity index (χ1n) is 9.46. The van der Waals surface area contributed by atoms with Gasteiger partial charge in [0, 0.05) is 6.54 Å². The molecule has 6 nitrogen and oxygen atoms in total. The third kappa shape index (κ3) is 2.97. The van der Waals surface area contributed by atoms with Crippen LogP contribution in [0.15, 0.2) is 48.5 Å². The van der Waals surface area contributed by atoms with Crippen LogP contribution in [0.1, 0.15) is 37.0 Å². The quantitative estimate of drug-likeness (QED) is 0.585. The van der Waals surface area contributed by atoms with Crippen molar-refractivity contribution in [2.45, 2.75) is 31.7 Å². The highest BCUT2D eigenvalue weighted by atomic mass is 16.2. The highest BCUT2D eigenvalue weighted by Gasteiger charge is 2.30. The number of rotatable bonds is 3. The number of para-hydroxylation sites is 4. The molecule has 5 rings (SSSR count). The first kappa shape index (κ1) is 16.1. The van der Waals surface area contributed by atoms with Gasteiger partial charge in [0.25, 0.3) is 0 Å². The second-order valence-electron chi connectivity index (χ2n) is 7.12. The summed E-state index contributed by atoms with van der Waals surface area (Å²) in [6, 6.07) is 15.9. The fraction of sp³-hybridized carbons (Fsp3) is 0.286. The summed E-state index contributed by atoms with van der Waals surface area (Å²) in [5.41, 5.74) is 3.83. The lowest BCUT2D eigenvalue weighted by Crippen LogP contribution is -2.40. The van der Waals surface area contributed by atoms with Gasteiger partial charge in [0.15, 0.2) is 0 Å². The second kappa shape index (κ2) is 6.54. The number of aromatic nitrogens is 4. The lowest BCUT2D eigenvalue weighted by Gasteiger charge is -2.34. The predicted molar refractivity (Wildman–Crippen MR) is 104 cm³/mol. The Morgan fingerprint density at radius 2 is 1.67 bits per heavy atom. The lowest BCUT2D eigenvalue weighted by molar-refractivity contribution is -0.134. The minimum atomic E-state index is 0.00280. The van der Waals surface area contributed by atoms with Gasteiger partial charge in [-0.1, -0.05) is 24.3 Å². The molecule has 0 bridgehead atoms. The Balaban J connectivity index is 1.41. The summed E-state index contributed by atoms with van der Waals surface area (Å²) < 4.78 is 0. The van der Waals surface area contributed by atoms with Gasteiger partial charge in [-0.05, 0) is 43.5 Å². The zero-order valence-corrected chi connectivity index (χ0v) is 15.0. The Labute approximate surface area is 156 Å². The summed E-state index contributed by atoms with van der Waals surface area (Å²) in [7, 11) is 0. The largest absolute Gasteiger partial charge is 0.342 e. The minimum absolute atomic E-state index is 0.00280. The molecular weight excluding hydrogens is 338 g/mol. The van der Waals surface area contributed by atoms with E-state index in [9.17, 15) is 4.79 Å². The van der Waals surface area contributed by atoms with Crippen LogP contribution in [0, 0.1) is 0 Å². The first-order valence-corrected chi connectivity index (χ1v) is 9.46. The van der Waals surface area contributed by atoms with E-state index in [1.165, 1.54) is 0 Å².